The maximum absolute atomic E-state index is 9.37. The average Bonchev–Trinajstić information content (AvgIpc) is 2.88. The number of quaternary nitrogens is 3. The highest BCUT2D eigenvalue weighted by atomic mass is 16.3. The molecule has 0 aromatic carbocycles. The summed E-state index contributed by atoms with van der Waals surface area (Å²) >= 11 is 0. The number of aliphatic hydroxyl groups excluding tert-OH is 9. The second kappa shape index (κ2) is 25.7. The number of likely N-dealkylation sites (N-methyl/N-ethyl adjacent to an activating group) is 1. The quantitative estimate of drug-likeness (QED) is 0.0378. The summed E-state index contributed by atoms with van der Waals surface area (Å²) in [5.74, 6) is 0. The number of nitrogens with zero attached hydrogens (tertiary/aromatic N) is 4. The second-order valence-electron chi connectivity index (χ2n) is 10.6. The van der Waals surface area contributed by atoms with Crippen LogP contribution in [0.2, 0.25) is 0 Å². The van der Waals surface area contributed by atoms with Crippen LogP contribution in [0.5, 0.6) is 0 Å². The molecule has 0 heterocycles. The van der Waals surface area contributed by atoms with Crippen molar-refractivity contribution in [3.05, 3.63) is 24.4 Å². The Bertz CT molecular complexity index is 577. The van der Waals surface area contributed by atoms with Crippen LogP contribution in [0.1, 0.15) is 0 Å². The summed E-state index contributed by atoms with van der Waals surface area (Å²) in [7, 11) is 4.13. The molecule has 40 heavy (non-hydrogen) atoms. The Morgan fingerprint density at radius 3 is 1.02 bits per heavy atom. The number of hydrogen-bond acceptors (Lipinski definition) is 10. The van der Waals surface area contributed by atoms with Crippen LogP contribution < -0.4 is 0 Å². The molecule has 0 spiro atoms. The first-order valence-electron chi connectivity index (χ1n) is 14.2. The summed E-state index contributed by atoms with van der Waals surface area (Å²) in [6.07, 6.45) is 8.22. The molecule has 0 aliphatic heterocycles. The SMILES string of the molecule is C[N+](C)(C=CC[N+](CCO)(CCO)CCO)CC=CC[N+](CCO)(CCO)CCO.OCCN(CCO)CCO. The minimum Gasteiger partial charge on any atom is -0.395 e. The van der Waals surface area contributed by atoms with Gasteiger partial charge in [0.05, 0.1) is 86.3 Å². The Morgan fingerprint density at radius 1 is 0.425 bits per heavy atom. The van der Waals surface area contributed by atoms with Gasteiger partial charge in [0.25, 0.3) is 0 Å². The molecule has 0 bridgehead atoms. The molecule has 0 aliphatic carbocycles. The van der Waals surface area contributed by atoms with Crippen LogP contribution in [-0.2, 0) is 0 Å². The summed E-state index contributed by atoms with van der Waals surface area (Å²) in [6, 6.07) is 0. The van der Waals surface area contributed by atoms with E-state index in [0.717, 1.165) is 6.54 Å². The molecule has 0 saturated carbocycles. The van der Waals surface area contributed by atoms with Crippen molar-refractivity contribution >= 4 is 0 Å². The number of hydrogen-bond donors (Lipinski definition) is 9. The highest BCUT2D eigenvalue weighted by Crippen LogP contribution is 2.09. The molecule has 0 unspecified atom stereocenters. The lowest BCUT2D eigenvalue weighted by molar-refractivity contribution is -0.924. The van der Waals surface area contributed by atoms with E-state index in [2.05, 4.69) is 26.4 Å². The van der Waals surface area contributed by atoms with Gasteiger partial charge in [0.1, 0.15) is 52.4 Å². The Balaban J connectivity index is 0. The van der Waals surface area contributed by atoms with Crippen molar-refractivity contribution in [1.29, 1.82) is 0 Å². The minimum absolute atomic E-state index is 0.00431. The highest BCUT2D eigenvalue weighted by molar-refractivity contribution is 4.84. The van der Waals surface area contributed by atoms with Crippen molar-refractivity contribution in [3.8, 4) is 0 Å². The molecule has 0 aromatic heterocycles. The molecule has 0 aromatic rings. The van der Waals surface area contributed by atoms with Gasteiger partial charge >= 0.3 is 0 Å². The van der Waals surface area contributed by atoms with Crippen molar-refractivity contribution in [1.82, 2.24) is 4.90 Å². The second-order valence-corrected chi connectivity index (χ2v) is 10.6. The molecular formula is C27H61N4O9+3. The zero-order chi connectivity index (χ0) is 30.8. The number of rotatable bonds is 25. The van der Waals surface area contributed by atoms with E-state index in [1.807, 2.05) is 12.2 Å². The third-order valence-corrected chi connectivity index (χ3v) is 6.93. The maximum atomic E-state index is 9.37. The molecule has 13 heteroatoms. The Morgan fingerprint density at radius 2 is 0.725 bits per heavy atom. The zero-order valence-corrected chi connectivity index (χ0v) is 25.0. The first-order chi connectivity index (χ1) is 19.1. The molecule has 0 aliphatic rings. The monoisotopic (exact) mass is 585 g/mol. The summed E-state index contributed by atoms with van der Waals surface area (Å²) in [5, 5.41) is 81.6. The van der Waals surface area contributed by atoms with Crippen molar-refractivity contribution in [2.45, 2.75) is 0 Å². The van der Waals surface area contributed by atoms with E-state index in [1.54, 1.807) is 4.90 Å². The van der Waals surface area contributed by atoms with E-state index in [-0.39, 0.29) is 59.5 Å². The van der Waals surface area contributed by atoms with Crippen LogP contribution in [-0.4, -0.2) is 216 Å². The van der Waals surface area contributed by atoms with Gasteiger partial charge in [-0.1, -0.05) is 0 Å². The Hall–Kier alpha value is -1.04. The van der Waals surface area contributed by atoms with Crippen molar-refractivity contribution in [2.75, 3.05) is 152 Å². The smallest absolute Gasteiger partial charge is 0.103 e. The third kappa shape index (κ3) is 19.9. The first-order valence-corrected chi connectivity index (χ1v) is 14.2. The predicted molar refractivity (Wildman–Crippen MR) is 155 cm³/mol. The van der Waals surface area contributed by atoms with Crippen molar-refractivity contribution in [2.24, 2.45) is 0 Å². The van der Waals surface area contributed by atoms with Gasteiger partial charge in [0.2, 0.25) is 0 Å². The van der Waals surface area contributed by atoms with Gasteiger partial charge in [-0.25, -0.2) is 0 Å². The summed E-state index contributed by atoms with van der Waals surface area (Å²) < 4.78 is 1.50. The van der Waals surface area contributed by atoms with Crippen molar-refractivity contribution < 1.29 is 59.4 Å². The van der Waals surface area contributed by atoms with Crippen LogP contribution in [0.15, 0.2) is 24.4 Å². The number of aliphatic hydroxyl groups is 9. The molecule has 0 atom stereocenters. The van der Waals surface area contributed by atoms with E-state index in [0.29, 0.717) is 85.4 Å². The van der Waals surface area contributed by atoms with E-state index in [1.165, 1.54) is 0 Å². The fourth-order valence-electron chi connectivity index (χ4n) is 4.51. The summed E-state index contributed by atoms with van der Waals surface area (Å²) in [6.45, 7) is 6.72. The van der Waals surface area contributed by atoms with Gasteiger partial charge in [-0.15, -0.1) is 0 Å². The molecule has 0 amide bonds. The molecular weight excluding hydrogens is 524 g/mol. The van der Waals surface area contributed by atoms with Gasteiger partial charge in [0, 0.05) is 25.7 Å². The predicted octanol–water partition coefficient (Wildman–Crippen LogP) is -4.01. The van der Waals surface area contributed by atoms with Gasteiger partial charge in [-0.3, -0.25) is 9.38 Å². The maximum Gasteiger partial charge on any atom is 0.103 e. The Kier molecular flexibility index (Phi) is 26.4. The van der Waals surface area contributed by atoms with Crippen LogP contribution in [0, 0.1) is 0 Å². The van der Waals surface area contributed by atoms with Gasteiger partial charge in [-0.05, 0) is 12.2 Å². The van der Waals surface area contributed by atoms with Crippen LogP contribution in [0.25, 0.3) is 0 Å². The molecule has 0 saturated heterocycles. The topological polar surface area (TPSA) is 185 Å². The van der Waals surface area contributed by atoms with E-state index >= 15 is 0 Å². The van der Waals surface area contributed by atoms with E-state index in [9.17, 15) is 30.6 Å². The molecule has 9 N–H and O–H groups in total. The minimum atomic E-state index is 0.00431. The van der Waals surface area contributed by atoms with Crippen molar-refractivity contribution in [3.63, 3.8) is 0 Å². The fraction of sp³-hybridized carbons (Fsp3) is 0.852. The van der Waals surface area contributed by atoms with Crippen LogP contribution in [0.4, 0.5) is 0 Å². The van der Waals surface area contributed by atoms with Gasteiger partial charge in [-0.2, -0.15) is 0 Å². The molecule has 0 fully saturated rings. The summed E-state index contributed by atoms with van der Waals surface area (Å²) in [4.78, 5) is 1.79. The van der Waals surface area contributed by atoms with Crippen LogP contribution >= 0.6 is 0 Å². The van der Waals surface area contributed by atoms with Crippen LogP contribution in [0.3, 0.4) is 0 Å². The summed E-state index contributed by atoms with van der Waals surface area (Å²) in [5.41, 5.74) is 0. The zero-order valence-electron chi connectivity index (χ0n) is 25.0. The molecule has 240 valence electrons. The average molecular weight is 586 g/mol. The molecule has 0 radical (unpaired) electrons. The standard InChI is InChI=1S/C21H46N3O6.C6H15NO3/c1-22(2,7-5-9-24(13-19-28,14-20-29)15-21-30)6-3-4-8-23(10-16-25,11-17-26)12-18-27;8-4-1-7(2-5-9)3-6-10/h3-5,7,25-30H,6,8-21H2,1-2H3;8-10H,1-6H2/q+3;. The fourth-order valence-corrected chi connectivity index (χ4v) is 4.51. The largest absolute Gasteiger partial charge is 0.395 e. The van der Waals surface area contributed by atoms with E-state index < -0.39 is 0 Å². The lowest BCUT2D eigenvalue weighted by Crippen LogP contribution is -2.53. The highest BCUT2D eigenvalue weighted by Gasteiger charge is 2.26. The molecule has 0 rings (SSSR count). The molecule has 13 nitrogen and oxygen atoms in total. The first kappa shape index (κ1) is 41.1. The van der Waals surface area contributed by atoms with Gasteiger partial charge in [0.15, 0.2) is 0 Å². The normalized spacial score (nSPS) is 13.0. The lowest BCUT2D eigenvalue weighted by Gasteiger charge is -2.36. The lowest BCUT2D eigenvalue weighted by atomic mass is 10.3. The van der Waals surface area contributed by atoms with E-state index in [4.69, 9.17) is 15.3 Å². The van der Waals surface area contributed by atoms with Gasteiger partial charge < -0.3 is 54.9 Å². The third-order valence-electron chi connectivity index (χ3n) is 6.93. The Labute approximate surface area is 241 Å².